The number of methoxy groups -OCH3 is 1. The zero-order valence-corrected chi connectivity index (χ0v) is 11.4. The molecule has 4 nitrogen and oxygen atoms in total. The first kappa shape index (κ1) is 11.0. The number of aryl methyl sites for hydroxylation is 2. The first-order valence-electron chi connectivity index (χ1n) is 6.36. The van der Waals surface area contributed by atoms with Crippen LogP contribution in [0.5, 0.6) is 5.88 Å². The average Bonchev–Trinajstić information content (AvgIpc) is 3.10. The van der Waals surface area contributed by atoms with E-state index in [4.69, 9.17) is 4.74 Å². The molecular formula is C14H13N3OS. The van der Waals surface area contributed by atoms with E-state index in [0.717, 1.165) is 11.3 Å². The van der Waals surface area contributed by atoms with Crippen molar-refractivity contribution in [1.82, 2.24) is 15.0 Å². The molecule has 1 N–H and O–H groups in total. The Labute approximate surface area is 114 Å². The molecule has 5 heteroatoms. The highest BCUT2D eigenvalue weighted by atomic mass is 32.1. The third-order valence-electron chi connectivity index (χ3n) is 3.51. The fourth-order valence-electron chi connectivity index (χ4n) is 2.55. The van der Waals surface area contributed by atoms with Gasteiger partial charge in [0.2, 0.25) is 5.88 Å². The second-order valence-electron chi connectivity index (χ2n) is 4.72. The summed E-state index contributed by atoms with van der Waals surface area (Å²) in [4.78, 5) is 15.0. The lowest BCUT2D eigenvalue weighted by molar-refractivity contribution is 0.399. The van der Waals surface area contributed by atoms with E-state index >= 15 is 0 Å². The summed E-state index contributed by atoms with van der Waals surface area (Å²) in [5.74, 6) is 1.51. The molecule has 96 valence electrons. The molecule has 0 fully saturated rings. The van der Waals surface area contributed by atoms with Gasteiger partial charge < -0.3 is 9.72 Å². The molecule has 3 heterocycles. The summed E-state index contributed by atoms with van der Waals surface area (Å²) in [5.41, 5.74) is 3.15. The minimum atomic E-state index is 0.597. The van der Waals surface area contributed by atoms with Crippen molar-refractivity contribution < 1.29 is 4.74 Å². The highest BCUT2D eigenvalue weighted by Gasteiger charge is 2.17. The number of nitrogens with one attached hydrogen (secondary N) is 1. The van der Waals surface area contributed by atoms with Crippen LogP contribution in [0.1, 0.15) is 16.9 Å². The van der Waals surface area contributed by atoms with E-state index in [1.165, 1.54) is 34.6 Å². The molecule has 3 aromatic heterocycles. The molecule has 0 radical (unpaired) electrons. The van der Waals surface area contributed by atoms with Crippen LogP contribution >= 0.6 is 11.3 Å². The molecule has 0 saturated carbocycles. The molecule has 0 spiro atoms. The van der Waals surface area contributed by atoms with Crippen molar-refractivity contribution in [3.05, 3.63) is 28.6 Å². The summed E-state index contributed by atoms with van der Waals surface area (Å²) < 4.78 is 5.12. The quantitative estimate of drug-likeness (QED) is 0.778. The van der Waals surface area contributed by atoms with Crippen LogP contribution in [-0.4, -0.2) is 22.1 Å². The van der Waals surface area contributed by atoms with Gasteiger partial charge >= 0.3 is 0 Å². The number of aromatic nitrogens is 3. The van der Waals surface area contributed by atoms with Crippen LogP contribution in [0, 0.1) is 0 Å². The first-order chi connectivity index (χ1) is 9.33. The Bertz CT molecular complexity index is 738. The molecule has 0 bridgehead atoms. The van der Waals surface area contributed by atoms with E-state index in [0.29, 0.717) is 11.5 Å². The minimum absolute atomic E-state index is 0.597. The zero-order valence-electron chi connectivity index (χ0n) is 10.6. The standard InChI is InChI=1S/C14H13N3OS/c1-18-12-6-5-9-13(16-12)17-14(15-9)11-7-8-3-2-4-10(8)19-11/h5-7H,2-4H2,1H3,(H,15,16,17). The summed E-state index contributed by atoms with van der Waals surface area (Å²) in [5, 5.41) is 0. The van der Waals surface area contributed by atoms with Crippen molar-refractivity contribution in [2.75, 3.05) is 7.11 Å². The van der Waals surface area contributed by atoms with E-state index in [2.05, 4.69) is 21.0 Å². The summed E-state index contributed by atoms with van der Waals surface area (Å²) >= 11 is 1.85. The molecule has 1 aliphatic rings. The Morgan fingerprint density at radius 3 is 3.05 bits per heavy atom. The van der Waals surface area contributed by atoms with Crippen LogP contribution in [0.15, 0.2) is 18.2 Å². The minimum Gasteiger partial charge on any atom is -0.481 e. The molecule has 4 rings (SSSR count). The van der Waals surface area contributed by atoms with Crippen molar-refractivity contribution in [2.24, 2.45) is 0 Å². The Kier molecular flexibility index (Phi) is 2.35. The molecule has 0 amide bonds. The van der Waals surface area contributed by atoms with Crippen molar-refractivity contribution >= 4 is 22.5 Å². The first-order valence-corrected chi connectivity index (χ1v) is 7.18. The van der Waals surface area contributed by atoms with E-state index in [9.17, 15) is 0 Å². The van der Waals surface area contributed by atoms with Crippen LogP contribution in [-0.2, 0) is 12.8 Å². The number of H-pyrrole nitrogens is 1. The molecule has 3 aromatic rings. The predicted molar refractivity (Wildman–Crippen MR) is 75.8 cm³/mol. The SMILES string of the molecule is COc1ccc2[nH]c(-c3cc4c(s3)CCC4)nc2n1. The summed E-state index contributed by atoms with van der Waals surface area (Å²) in [6.07, 6.45) is 3.71. The van der Waals surface area contributed by atoms with Gasteiger partial charge in [-0.2, -0.15) is 4.98 Å². The fourth-order valence-corrected chi connectivity index (χ4v) is 3.75. The number of imidazole rings is 1. The van der Waals surface area contributed by atoms with E-state index in [-0.39, 0.29) is 0 Å². The van der Waals surface area contributed by atoms with Crippen LogP contribution < -0.4 is 4.74 Å². The highest BCUT2D eigenvalue weighted by molar-refractivity contribution is 7.15. The number of fused-ring (bicyclic) bond motifs is 2. The van der Waals surface area contributed by atoms with Gasteiger partial charge in [0.1, 0.15) is 0 Å². The molecule has 0 aromatic carbocycles. The molecule has 0 aliphatic heterocycles. The van der Waals surface area contributed by atoms with Crippen LogP contribution in [0.4, 0.5) is 0 Å². The van der Waals surface area contributed by atoms with E-state index in [1.54, 1.807) is 7.11 Å². The molecule has 0 saturated heterocycles. The maximum absolute atomic E-state index is 5.12. The van der Waals surface area contributed by atoms with Crippen LogP contribution in [0.2, 0.25) is 0 Å². The largest absolute Gasteiger partial charge is 0.481 e. The number of aromatic amines is 1. The van der Waals surface area contributed by atoms with Gasteiger partial charge in [-0.25, -0.2) is 4.98 Å². The van der Waals surface area contributed by atoms with Crippen LogP contribution in [0.25, 0.3) is 21.9 Å². The molecule has 19 heavy (non-hydrogen) atoms. The van der Waals surface area contributed by atoms with Crippen molar-refractivity contribution in [1.29, 1.82) is 0 Å². The normalized spacial score (nSPS) is 13.9. The third kappa shape index (κ3) is 1.73. The maximum atomic E-state index is 5.12. The van der Waals surface area contributed by atoms with Crippen molar-refractivity contribution in [3.8, 4) is 16.6 Å². The topological polar surface area (TPSA) is 50.8 Å². The number of thiophene rings is 1. The van der Waals surface area contributed by atoms with Gasteiger partial charge in [0, 0.05) is 10.9 Å². The van der Waals surface area contributed by atoms with E-state index < -0.39 is 0 Å². The highest BCUT2D eigenvalue weighted by Crippen LogP contribution is 2.35. The number of hydrogen-bond acceptors (Lipinski definition) is 4. The summed E-state index contributed by atoms with van der Waals surface area (Å²) in [7, 11) is 1.62. The molecule has 1 aliphatic carbocycles. The molecule has 0 atom stereocenters. The number of nitrogens with zero attached hydrogens (tertiary/aromatic N) is 2. The van der Waals surface area contributed by atoms with Crippen LogP contribution in [0.3, 0.4) is 0 Å². The average molecular weight is 271 g/mol. The second-order valence-corrected chi connectivity index (χ2v) is 5.86. The summed E-state index contributed by atoms with van der Waals surface area (Å²) in [6.45, 7) is 0. The fraction of sp³-hybridized carbons (Fsp3) is 0.286. The third-order valence-corrected chi connectivity index (χ3v) is 4.75. The Hall–Kier alpha value is -1.88. The van der Waals surface area contributed by atoms with E-state index in [1.807, 2.05) is 23.5 Å². The number of hydrogen-bond donors (Lipinski definition) is 1. The van der Waals surface area contributed by atoms with Crippen molar-refractivity contribution in [2.45, 2.75) is 19.3 Å². The molecule has 0 unspecified atom stereocenters. The van der Waals surface area contributed by atoms with Crippen molar-refractivity contribution in [3.63, 3.8) is 0 Å². The Balaban J connectivity index is 1.81. The Morgan fingerprint density at radius 1 is 1.26 bits per heavy atom. The monoisotopic (exact) mass is 271 g/mol. The lowest BCUT2D eigenvalue weighted by Gasteiger charge is -1.95. The zero-order chi connectivity index (χ0) is 12.8. The predicted octanol–water partition coefficient (Wildman–Crippen LogP) is 3.18. The van der Waals surface area contributed by atoms with Gasteiger partial charge in [-0.1, -0.05) is 0 Å². The van der Waals surface area contributed by atoms with Gasteiger partial charge in [0.15, 0.2) is 11.5 Å². The lowest BCUT2D eigenvalue weighted by atomic mass is 10.2. The maximum Gasteiger partial charge on any atom is 0.215 e. The van der Waals surface area contributed by atoms with Gasteiger partial charge in [0.25, 0.3) is 0 Å². The van der Waals surface area contributed by atoms with Gasteiger partial charge in [-0.15, -0.1) is 11.3 Å². The van der Waals surface area contributed by atoms with Gasteiger partial charge in [0.05, 0.1) is 17.5 Å². The number of rotatable bonds is 2. The number of ether oxygens (including phenoxy) is 1. The molecular weight excluding hydrogens is 258 g/mol. The Morgan fingerprint density at radius 2 is 2.21 bits per heavy atom. The second kappa shape index (κ2) is 4.06. The number of pyridine rings is 1. The lowest BCUT2D eigenvalue weighted by Crippen LogP contribution is -1.86. The van der Waals surface area contributed by atoms with Gasteiger partial charge in [-0.05, 0) is 37.0 Å². The van der Waals surface area contributed by atoms with Gasteiger partial charge in [-0.3, -0.25) is 0 Å². The summed E-state index contributed by atoms with van der Waals surface area (Å²) in [6, 6.07) is 6.07. The smallest absolute Gasteiger partial charge is 0.215 e.